The van der Waals surface area contributed by atoms with E-state index in [4.69, 9.17) is 10.00 Å². The lowest BCUT2D eigenvalue weighted by atomic mass is 10.1. The van der Waals surface area contributed by atoms with Gasteiger partial charge in [-0.25, -0.2) is 4.39 Å². The van der Waals surface area contributed by atoms with Crippen LogP contribution >= 0.6 is 0 Å². The van der Waals surface area contributed by atoms with E-state index in [1.54, 1.807) is 37.3 Å². The van der Waals surface area contributed by atoms with Crippen molar-refractivity contribution < 1.29 is 14.2 Å². The van der Waals surface area contributed by atoms with E-state index < -0.39 is 11.9 Å². The third kappa shape index (κ3) is 2.72. The summed E-state index contributed by atoms with van der Waals surface area (Å²) in [5.41, 5.74) is 0.429. The van der Waals surface area contributed by atoms with Crippen molar-refractivity contribution in [2.45, 2.75) is 13.0 Å². The summed E-state index contributed by atoms with van der Waals surface area (Å²) in [5, 5.41) is 18.6. The van der Waals surface area contributed by atoms with Gasteiger partial charge in [-0.15, -0.1) is 0 Å². The number of hydrogen-bond donors (Lipinski definition) is 1. The Bertz CT molecular complexity index is 632. The van der Waals surface area contributed by atoms with E-state index in [1.807, 2.05) is 0 Å². The maximum absolute atomic E-state index is 13.5. The molecule has 0 fully saturated rings. The zero-order chi connectivity index (χ0) is 13.8. The molecule has 0 saturated heterocycles. The van der Waals surface area contributed by atoms with Gasteiger partial charge in [0, 0.05) is 5.56 Å². The normalized spacial score (nSPS) is 11.7. The molecule has 0 saturated carbocycles. The first-order chi connectivity index (χ1) is 9.13. The Balaban J connectivity index is 2.43. The Hall–Kier alpha value is -2.38. The van der Waals surface area contributed by atoms with Crippen molar-refractivity contribution in [2.75, 3.05) is 0 Å². The van der Waals surface area contributed by atoms with Crippen LogP contribution in [-0.2, 0) is 0 Å². The first-order valence-corrected chi connectivity index (χ1v) is 5.77. The van der Waals surface area contributed by atoms with Crippen molar-refractivity contribution in [1.82, 2.24) is 0 Å². The van der Waals surface area contributed by atoms with Crippen LogP contribution in [0.1, 0.15) is 24.2 Å². The molecule has 0 amide bonds. The van der Waals surface area contributed by atoms with Gasteiger partial charge in [0.15, 0.2) is 0 Å². The Morgan fingerprint density at radius 1 is 1.16 bits per heavy atom. The monoisotopic (exact) mass is 257 g/mol. The van der Waals surface area contributed by atoms with E-state index in [0.717, 1.165) is 0 Å². The highest BCUT2D eigenvalue weighted by Gasteiger charge is 2.13. The van der Waals surface area contributed by atoms with E-state index in [9.17, 15) is 9.50 Å². The molecule has 2 aromatic rings. The van der Waals surface area contributed by atoms with Gasteiger partial charge in [0.05, 0.1) is 6.10 Å². The second-order valence-electron chi connectivity index (χ2n) is 4.04. The Labute approximate surface area is 110 Å². The molecule has 96 valence electrons. The van der Waals surface area contributed by atoms with Gasteiger partial charge < -0.3 is 9.84 Å². The fourth-order valence-corrected chi connectivity index (χ4v) is 1.73. The molecule has 1 atom stereocenters. The lowest BCUT2D eigenvalue weighted by Gasteiger charge is -2.13. The predicted octanol–water partition coefficient (Wildman–Crippen LogP) is 3.54. The summed E-state index contributed by atoms with van der Waals surface area (Å²) < 4.78 is 19.0. The van der Waals surface area contributed by atoms with Gasteiger partial charge in [0.1, 0.15) is 28.9 Å². The molecule has 2 aromatic carbocycles. The fraction of sp³-hybridized carbons (Fsp3) is 0.133. The minimum Gasteiger partial charge on any atom is -0.455 e. The van der Waals surface area contributed by atoms with Crippen molar-refractivity contribution in [1.29, 1.82) is 5.26 Å². The van der Waals surface area contributed by atoms with Crippen molar-refractivity contribution in [3.63, 3.8) is 0 Å². The van der Waals surface area contributed by atoms with Gasteiger partial charge in [0.2, 0.25) is 0 Å². The highest BCUT2D eigenvalue weighted by Crippen LogP contribution is 2.31. The third-order valence-electron chi connectivity index (χ3n) is 2.68. The van der Waals surface area contributed by atoms with Gasteiger partial charge >= 0.3 is 0 Å². The molecule has 0 heterocycles. The summed E-state index contributed by atoms with van der Waals surface area (Å²) in [6, 6.07) is 12.8. The molecule has 0 aliphatic heterocycles. The number of para-hydroxylation sites is 1. The number of ether oxygens (including phenoxy) is 1. The van der Waals surface area contributed by atoms with Gasteiger partial charge in [-0.3, -0.25) is 0 Å². The van der Waals surface area contributed by atoms with Crippen molar-refractivity contribution in [3.8, 4) is 17.6 Å². The van der Waals surface area contributed by atoms with Crippen LogP contribution in [0, 0.1) is 17.1 Å². The number of aliphatic hydroxyl groups is 1. The van der Waals surface area contributed by atoms with Crippen LogP contribution in [0.4, 0.5) is 4.39 Å². The molecule has 0 radical (unpaired) electrons. The lowest BCUT2D eigenvalue weighted by molar-refractivity contribution is 0.195. The number of halogens is 1. The number of aliphatic hydroxyl groups excluding tert-OH is 1. The summed E-state index contributed by atoms with van der Waals surface area (Å²) in [7, 11) is 0. The SMILES string of the molecule is C[C@H](O)c1ccccc1Oc1cccc(F)c1C#N. The summed E-state index contributed by atoms with van der Waals surface area (Å²) in [5.74, 6) is -0.0928. The van der Waals surface area contributed by atoms with Gasteiger partial charge in [-0.05, 0) is 25.1 Å². The summed E-state index contributed by atoms with van der Waals surface area (Å²) in [4.78, 5) is 0. The Morgan fingerprint density at radius 2 is 1.84 bits per heavy atom. The average molecular weight is 257 g/mol. The topological polar surface area (TPSA) is 53.2 Å². The van der Waals surface area contributed by atoms with Gasteiger partial charge in [0.25, 0.3) is 0 Å². The molecule has 19 heavy (non-hydrogen) atoms. The zero-order valence-corrected chi connectivity index (χ0v) is 10.3. The first kappa shape index (κ1) is 13.1. The molecule has 2 rings (SSSR count). The minimum absolute atomic E-state index is 0.135. The van der Waals surface area contributed by atoms with Crippen molar-refractivity contribution in [2.24, 2.45) is 0 Å². The van der Waals surface area contributed by atoms with Crippen LogP contribution < -0.4 is 4.74 Å². The van der Waals surface area contributed by atoms with Crippen LogP contribution in [0.2, 0.25) is 0 Å². The fourth-order valence-electron chi connectivity index (χ4n) is 1.73. The Morgan fingerprint density at radius 3 is 2.53 bits per heavy atom. The molecular formula is C15H12FNO2. The van der Waals surface area contributed by atoms with E-state index in [0.29, 0.717) is 11.3 Å². The lowest BCUT2D eigenvalue weighted by Crippen LogP contribution is -1.97. The van der Waals surface area contributed by atoms with Crippen molar-refractivity contribution >= 4 is 0 Å². The molecule has 0 spiro atoms. The number of hydrogen-bond acceptors (Lipinski definition) is 3. The highest BCUT2D eigenvalue weighted by molar-refractivity contribution is 5.47. The van der Waals surface area contributed by atoms with Crippen molar-refractivity contribution in [3.05, 3.63) is 59.4 Å². The zero-order valence-electron chi connectivity index (χ0n) is 10.3. The second-order valence-corrected chi connectivity index (χ2v) is 4.04. The number of benzene rings is 2. The standard InChI is InChI=1S/C15H12FNO2/c1-10(18)11-5-2-3-7-14(11)19-15-8-4-6-13(16)12(15)9-17/h2-8,10,18H,1H3/t10-/m0/s1. The largest absolute Gasteiger partial charge is 0.455 e. The molecule has 0 bridgehead atoms. The third-order valence-corrected chi connectivity index (χ3v) is 2.68. The molecular weight excluding hydrogens is 245 g/mol. The molecule has 0 unspecified atom stereocenters. The van der Waals surface area contributed by atoms with Gasteiger partial charge in [-0.2, -0.15) is 5.26 Å². The smallest absolute Gasteiger partial charge is 0.148 e. The quantitative estimate of drug-likeness (QED) is 0.914. The molecule has 0 aromatic heterocycles. The molecule has 1 N–H and O–H groups in total. The van der Waals surface area contributed by atoms with E-state index >= 15 is 0 Å². The van der Waals surface area contributed by atoms with Gasteiger partial charge in [-0.1, -0.05) is 24.3 Å². The molecule has 0 aliphatic rings. The van der Waals surface area contributed by atoms with Crippen LogP contribution in [0.25, 0.3) is 0 Å². The summed E-state index contributed by atoms with van der Waals surface area (Å²) in [6.07, 6.45) is -0.713. The predicted molar refractivity (Wildman–Crippen MR) is 68.3 cm³/mol. The minimum atomic E-state index is -0.713. The molecule has 0 aliphatic carbocycles. The van der Waals surface area contributed by atoms with Crippen LogP contribution in [0.15, 0.2) is 42.5 Å². The molecule has 4 heteroatoms. The number of nitrogens with zero attached hydrogens (tertiary/aromatic N) is 1. The Kier molecular flexibility index (Phi) is 3.79. The average Bonchev–Trinajstić information content (AvgIpc) is 2.39. The van der Waals surface area contributed by atoms with Crippen LogP contribution in [0.3, 0.4) is 0 Å². The summed E-state index contributed by atoms with van der Waals surface area (Å²) >= 11 is 0. The van der Waals surface area contributed by atoms with Crippen LogP contribution in [0.5, 0.6) is 11.5 Å². The van der Waals surface area contributed by atoms with Crippen LogP contribution in [-0.4, -0.2) is 5.11 Å². The highest BCUT2D eigenvalue weighted by atomic mass is 19.1. The first-order valence-electron chi connectivity index (χ1n) is 5.77. The maximum Gasteiger partial charge on any atom is 0.148 e. The number of nitriles is 1. The summed E-state index contributed by atoms with van der Waals surface area (Å²) in [6.45, 7) is 1.61. The van der Waals surface area contributed by atoms with E-state index in [1.165, 1.54) is 18.2 Å². The molecule has 3 nitrogen and oxygen atoms in total. The maximum atomic E-state index is 13.5. The van der Waals surface area contributed by atoms with E-state index in [2.05, 4.69) is 0 Å². The number of rotatable bonds is 3. The van der Waals surface area contributed by atoms with E-state index in [-0.39, 0.29) is 11.3 Å². The second kappa shape index (κ2) is 5.51.